The molecule has 11 heavy (non-hydrogen) atoms. The SMILES string of the molecule is CC(C)NC(=O)c1cnc[nH]1. The van der Waals surface area contributed by atoms with Crippen molar-refractivity contribution >= 4 is 5.91 Å². The van der Waals surface area contributed by atoms with Crippen molar-refractivity contribution in [3.63, 3.8) is 0 Å². The van der Waals surface area contributed by atoms with E-state index in [0.29, 0.717) is 5.69 Å². The Labute approximate surface area is 65.0 Å². The zero-order valence-corrected chi connectivity index (χ0v) is 6.59. The molecule has 0 saturated heterocycles. The van der Waals surface area contributed by atoms with E-state index < -0.39 is 0 Å². The number of nitrogens with one attached hydrogen (secondary N) is 2. The molecule has 0 radical (unpaired) electrons. The highest BCUT2D eigenvalue weighted by atomic mass is 16.1. The zero-order valence-electron chi connectivity index (χ0n) is 6.59. The first-order valence-corrected chi connectivity index (χ1v) is 3.49. The average Bonchev–Trinajstić information content (AvgIpc) is 2.35. The van der Waals surface area contributed by atoms with E-state index in [1.165, 1.54) is 12.5 Å². The normalized spacial score (nSPS) is 10.1. The molecule has 0 atom stereocenters. The van der Waals surface area contributed by atoms with E-state index in [1.807, 2.05) is 13.8 Å². The molecule has 0 aliphatic carbocycles. The lowest BCUT2D eigenvalue weighted by molar-refractivity contribution is 0.0938. The smallest absolute Gasteiger partial charge is 0.269 e. The van der Waals surface area contributed by atoms with Crippen LogP contribution in [0.5, 0.6) is 0 Å². The number of imidazole rings is 1. The maximum atomic E-state index is 11.1. The van der Waals surface area contributed by atoms with E-state index in [0.717, 1.165) is 0 Å². The zero-order chi connectivity index (χ0) is 8.27. The van der Waals surface area contributed by atoms with E-state index in [-0.39, 0.29) is 11.9 Å². The van der Waals surface area contributed by atoms with Crippen LogP contribution in [0.25, 0.3) is 0 Å². The third-order valence-electron chi connectivity index (χ3n) is 1.16. The van der Waals surface area contributed by atoms with Gasteiger partial charge in [-0.05, 0) is 13.8 Å². The Morgan fingerprint density at radius 3 is 2.91 bits per heavy atom. The Balaban J connectivity index is 2.57. The van der Waals surface area contributed by atoms with Crippen LogP contribution in [0.4, 0.5) is 0 Å². The standard InChI is InChI=1S/C7H11N3O/c1-5(2)10-7(11)6-3-8-4-9-6/h3-5H,1-2H3,(H,8,9)(H,10,11). The van der Waals surface area contributed by atoms with Crippen LogP contribution in [-0.2, 0) is 0 Å². The van der Waals surface area contributed by atoms with Gasteiger partial charge in [0.25, 0.3) is 5.91 Å². The van der Waals surface area contributed by atoms with Gasteiger partial charge in [0.1, 0.15) is 5.69 Å². The molecule has 1 rings (SSSR count). The second kappa shape index (κ2) is 3.18. The quantitative estimate of drug-likeness (QED) is 0.651. The Bertz CT molecular complexity index is 228. The minimum absolute atomic E-state index is 0.113. The fourth-order valence-electron chi connectivity index (χ4n) is 0.720. The lowest BCUT2D eigenvalue weighted by atomic mass is 10.3. The van der Waals surface area contributed by atoms with Crippen LogP contribution >= 0.6 is 0 Å². The third kappa shape index (κ3) is 2.07. The highest BCUT2D eigenvalue weighted by Crippen LogP contribution is 1.90. The van der Waals surface area contributed by atoms with Crippen molar-refractivity contribution in [1.82, 2.24) is 15.3 Å². The first-order chi connectivity index (χ1) is 5.20. The van der Waals surface area contributed by atoms with Crippen molar-refractivity contribution in [2.24, 2.45) is 0 Å². The first kappa shape index (κ1) is 7.78. The topological polar surface area (TPSA) is 57.8 Å². The number of nitrogens with zero attached hydrogens (tertiary/aromatic N) is 1. The summed E-state index contributed by atoms with van der Waals surface area (Å²) in [6, 6.07) is 0.158. The monoisotopic (exact) mass is 153 g/mol. The molecule has 0 unspecified atom stereocenters. The summed E-state index contributed by atoms with van der Waals surface area (Å²) in [5, 5.41) is 2.73. The van der Waals surface area contributed by atoms with Crippen molar-refractivity contribution in [2.75, 3.05) is 0 Å². The van der Waals surface area contributed by atoms with Crippen molar-refractivity contribution < 1.29 is 4.79 Å². The minimum atomic E-state index is -0.113. The molecule has 4 heteroatoms. The van der Waals surface area contributed by atoms with Gasteiger partial charge in [0.15, 0.2) is 0 Å². The van der Waals surface area contributed by atoms with Crippen LogP contribution in [0.15, 0.2) is 12.5 Å². The van der Waals surface area contributed by atoms with Crippen molar-refractivity contribution in [3.05, 3.63) is 18.2 Å². The Kier molecular flexibility index (Phi) is 2.25. The number of hydrogen-bond acceptors (Lipinski definition) is 2. The molecule has 0 bridgehead atoms. The summed E-state index contributed by atoms with van der Waals surface area (Å²) >= 11 is 0. The molecule has 4 nitrogen and oxygen atoms in total. The maximum Gasteiger partial charge on any atom is 0.269 e. The molecule has 1 aromatic heterocycles. The predicted octanol–water partition coefficient (Wildman–Crippen LogP) is 0.548. The number of carbonyl (C=O) groups excluding carboxylic acids is 1. The van der Waals surface area contributed by atoms with Gasteiger partial charge in [-0.25, -0.2) is 4.98 Å². The van der Waals surface area contributed by atoms with Gasteiger partial charge in [-0.1, -0.05) is 0 Å². The number of amides is 1. The number of carbonyl (C=O) groups is 1. The van der Waals surface area contributed by atoms with Gasteiger partial charge in [0.2, 0.25) is 0 Å². The molecular weight excluding hydrogens is 142 g/mol. The summed E-state index contributed by atoms with van der Waals surface area (Å²) in [5.41, 5.74) is 0.499. The summed E-state index contributed by atoms with van der Waals surface area (Å²) in [6.45, 7) is 3.82. The van der Waals surface area contributed by atoms with Gasteiger partial charge in [-0.3, -0.25) is 4.79 Å². The summed E-state index contributed by atoms with van der Waals surface area (Å²) in [4.78, 5) is 17.6. The van der Waals surface area contributed by atoms with Crippen LogP contribution in [0.3, 0.4) is 0 Å². The largest absolute Gasteiger partial charge is 0.349 e. The first-order valence-electron chi connectivity index (χ1n) is 3.49. The molecule has 0 aliphatic heterocycles. The van der Waals surface area contributed by atoms with Gasteiger partial charge in [-0.2, -0.15) is 0 Å². The van der Waals surface area contributed by atoms with Gasteiger partial charge >= 0.3 is 0 Å². The molecule has 0 fully saturated rings. The van der Waals surface area contributed by atoms with Crippen LogP contribution < -0.4 is 5.32 Å². The molecule has 1 heterocycles. The fraction of sp³-hybridized carbons (Fsp3) is 0.429. The number of H-pyrrole nitrogens is 1. The van der Waals surface area contributed by atoms with Gasteiger partial charge < -0.3 is 10.3 Å². The van der Waals surface area contributed by atoms with E-state index in [4.69, 9.17) is 0 Å². The van der Waals surface area contributed by atoms with Crippen molar-refractivity contribution in [2.45, 2.75) is 19.9 Å². The Hall–Kier alpha value is -1.32. The summed E-state index contributed by atoms with van der Waals surface area (Å²) < 4.78 is 0. The predicted molar refractivity (Wildman–Crippen MR) is 41.2 cm³/mol. The molecule has 0 saturated carbocycles. The van der Waals surface area contributed by atoms with Crippen LogP contribution in [0.2, 0.25) is 0 Å². The average molecular weight is 153 g/mol. The van der Waals surface area contributed by atoms with Crippen molar-refractivity contribution in [1.29, 1.82) is 0 Å². The van der Waals surface area contributed by atoms with E-state index in [9.17, 15) is 4.79 Å². The van der Waals surface area contributed by atoms with Gasteiger partial charge in [0.05, 0.1) is 12.5 Å². The molecule has 1 aromatic rings. The molecule has 0 aliphatic rings. The molecule has 60 valence electrons. The van der Waals surface area contributed by atoms with Crippen molar-refractivity contribution in [3.8, 4) is 0 Å². The second-order valence-corrected chi connectivity index (χ2v) is 2.59. The Morgan fingerprint density at radius 2 is 2.45 bits per heavy atom. The molecule has 1 amide bonds. The van der Waals surface area contributed by atoms with E-state index in [2.05, 4.69) is 15.3 Å². The summed E-state index contributed by atoms with van der Waals surface area (Å²) in [5.74, 6) is -0.113. The highest BCUT2D eigenvalue weighted by Gasteiger charge is 2.06. The van der Waals surface area contributed by atoms with Crippen LogP contribution in [-0.4, -0.2) is 21.9 Å². The van der Waals surface area contributed by atoms with Gasteiger partial charge in [-0.15, -0.1) is 0 Å². The molecule has 0 aromatic carbocycles. The van der Waals surface area contributed by atoms with E-state index in [1.54, 1.807) is 0 Å². The summed E-state index contributed by atoms with van der Waals surface area (Å²) in [7, 11) is 0. The minimum Gasteiger partial charge on any atom is -0.349 e. The number of aromatic amines is 1. The van der Waals surface area contributed by atoms with Gasteiger partial charge in [0, 0.05) is 6.04 Å². The highest BCUT2D eigenvalue weighted by molar-refractivity contribution is 5.92. The molecule has 2 N–H and O–H groups in total. The second-order valence-electron chi connectivity index (χ2n) is 2.59. The third-order valence-corrected chi connectivity index (χ3v) is 1.16. The number of rotatable bonds is 2. The molecule has 0 spiro atoms. The molecular formula is C7H11N3O. The van der Waals surface area contributed by atoms with E-state index >= 15 is 0 Å². The van der Waals surface area contributed by atoms with Crippen LogP contribution in [0.1, 0.15) is 24.3 Å². The lowest BCUT2D eigenvalue weighted by Crippen LogP contribution is -2.30. The number of aromatic nitrogens is 2. The fourth-order valence-corrected chi connectivity index (χ4v) is 0.720. The Morgan fingerprint density at radius 1 is 1.73 bits per heavy atom. The number of hydrogen-bond donors (Lipinski definition) is 2. The lowest BCUT2D eigenvalue weighted by Gasteiger charge is -2.05. The van der Waals surface area contributed by atoms with Crippen LogP contribution in [0, 0.1) is 0 Å². The summed E-state index contributed by atoms with van der Waals surface area (Å²) in [6.07, 6.45) is 2.98. The maximum absolute atomic E-state index is 11.1.